The summed E-state index contributed by atoms with van der Waals surface area (Å²) in [5.74, 6) is -1.16. The van der Waals surface area contributed by atoms with Crippen LogP contribution in [0.4, 0.5) is 23.0 Å². The highest BCUT2D eigenvalue weighted by atomic mass is 16.5. The van der Waals surface area contributed by atoms with E-state index in [4.69, 9.17) is 25.7 Å². The van der Waals surface area contributed by atoms with E-state index in [1.165, 1.54) is 11.9 Å². The highest BCUT2D eigenvalue weighted by Gasteiger charge is 2.28. The molecule has 2 aliphatic heterocycles. The molecule has 5 N–H and O–H groups in total. The zero-order chi connectivity index (χ0) is 28.8. The Morgan fingerprint density at radius 1 is 0.976 bits per heavy atom. The summed E-state index contributed by atoms with van der Waals surface area (Å²) in [5.41, 5.74) is 9.98. The molecule has 1 aromatic carbocycles. The molecule has 0 unspecified atom stereocenters. The fraction of sp³-hybridized carbons (Fsp3) is 0.357. The van der Waals surface area contributed by atoms with E-state index >= 15 is 0 Å². The molecule has 14 nitrogen and oxygen atoms in total. The van der Waals surface area contributed by atoms with E-state index in [1.54, 1.807) is 12.4 Å². The minimum Gasteiger partial charge on any atom is -0.481 e. The van der Waals surface area contributed by atoms with Crippen molar-refractivity contribution in [2.75, 3.05) is 55.3 Å². The average molecular weight is 578 g/mol. The van der Waals surface area contributed by atoms with E-state index in [0.717, 1.165) is 50.7 Å². The number of benzene rings is 1. The first kappa shape index (κ1) is 30.1. The number of hydrogen-bond acceptors (Lipinski definition) is 11. The van der Waals surface area contributed by atoms with Crippen molar-refractivity contribution >= 4 is 40.6 Å². The fourth-order valence-electron chi connectivity index (χ4n) is 4.53. The Balaban J connectivity index is 0.000000399. The van der Waals surface area contributed by atoms with Gasteiger partial charge in [0.25, 0.3) is 0 Å². The summed E-state index contributed by atoms with van der Waals surface area (Å²) in [6.45, 7) is 5.98. The molecule has 3 aromatic heterocycles. The van der Waals surface area contributed by atoms with E-state index in [0.29, 0.717) is 29.1 Å². The molecule has 0 amide bonds. The first-order valence-electron chi connectivity index (χ1n) is 13.1. The van der Waals surface area contributed by atoms with Crippen LogP contribution in [0.3, 0.4) is 0 Å². The van der Waals surface area contributed by atoms with Gasteiger partial charge in [0.2, 0.25) is 0 Å². The molecule has 2 aliphatic rings. The zero-order valence-electron chi connectivity index (χ0n) is 22.3. The molecule has 0 radical (unpaired) electrons. The molecule has 0 spiro atoms. The fourth-order valence-corrected chi connectivity index (χ4v) is 4.53. The molecule has 6 rings (SSSR count). The van der Waals surface area contributed by atoms with Crippen LogP contribution in [0.25, 0.3) is 17.0 Å². The van der Waals surface area contributed by atoms with Crippen LogP contribution in [0.15, 0.2) is 55.2 Å². The second-order valence-corrected chi connectivity index (χ2v) is 9.64. The second-order valence-electron chi connectivity index (χ2n) is 9.64. The third-order valence-electron chi connectivity index (χ3n) is 6.79. The number of aromatic nitrogens is 5. The van der Waals surface area contributed by atoms with Crippen molar-refractivity contribution in [2.24, 2.45) is 0 Å². The van der Waals surface area contributed by atoms with Crippen LogP contribution in [0.5, 0.6) is 0 Å². The Morgan fingerprint density at radius 3 is 2.26 bits per heavy atom. The van der Waals surface area contributed by atoms with Crippen LogP contribution >= 0.6 is 0 Å². The van der Waals surface area contributed by atoms with Crippen molar-refractivity contribution in [3.05, 3.63) is 55.2 Å². The molecule has 0 saturated carbocycles. The number of fused-ring (bicyclic) bond motifs is 1. The average Bonchev–Trinajstić information content (AvgIpc) is 3.42. The van der Waals surface area contributed by atoms with Crippen LogP contribution in [0.1, 0.15) is 20.3 Å². The van der Waals surface area contributed by atoms with Gasteiger partial charge in [-0.05, 0) is 24.3 Å². The predicted octanol–water partition coefficient (Wildman–Crippen LogP) is 2.60. The van der Waals surface area contributed by atoms with Crippen molar-refractivity contribution in [3.8, 4) is 11.4 Å². The number of carboxylic acid groups (broad SMARTS) is 2. The standard InChI is InChI=1S/C23H25N9O.C4H6O4.CH4/c24-21-12-25-11-19(28-21)20-13-32-6-5-26-23(32)22(29-20)27-16-1-3-17(4-2-16)30-7-9-31(10-8-30)18-14-33-15-18;5-3(6)1-2-4(7)8;/h1-6,11-13,18H,7-10,14-15H2,(H2,24,28)(H,27,29);1-2H2,(H,5,6)(H,7,8);1H4. The molecule has 0 aliphatic carbocycles. The number of carboxylic acids is 2. The predicted molar refractivity (Wildman–Crippen MR) is 158 cm³/mol. The SMILES string of the molecule is C.Nc1cncc(-c2cn3ccnc3c(Nc3ccc(N4CCN(C5COC5)CC4)cc3)n2)n1.O=C(O)CCC(=O)O. The van der Waals surface area contributed by atoms with E-state index in [2.05, 4.69) is 54.3 Å². The number of anilines is 4. The molecule has 222 valence electrons. The number of carbonyl (C=O) groups is 2. The van der Waals surface area contributed by atoms with Gasteiger partial charge >= 0.3 is 11.9 Å². The third-order valence-corrected chi connectivity index (χ3v) is 6.79. The number of aliphatic carboxylic acids is 2. The van der Waals surface area contributed by atoms with Crippen molar-refractivity contribution in [1.29, 1.82) is 0 Å². The van der Waals surface area contributed by atoms with Crippen LogP contribution in [-0.2, 0) is 14.3 Å². The summed E-state index contributed by atoms with van der Waals surface area (Å²) in [7, 11) is 0. The zero-order valence-corrected chi connectivity index (χ0v) is 22.3. The molecule has 14 heteroatoms. The number of rotatable bonds is 8. The first-order valence-corrected chi connectivity index (χ1v) is 13.1. The van der Waals surface area contributed by atoms with Gasteiger partial charge < -0.3 is 35.3 Å². The van der Waals surface area contributed by atoms with Crippen LogP contribution in [0.2, 0.25) is 0 Å². The number of nitrogen functional groups attached to an aromatic ring is 1. The van der Waals surface area contributed by atoms with E-state index in [-0.39, 0.29) is 20.3 Å². The van der Waals surface area contributed by atoms with Gasteiger partial charge in [-0.15, -0.1) is 0 Å². The third kappa shape index (κ3) is 7.47. The molecular weight excluding hydrogens is 542 g/mol. The minimum atomic E-state index is -1.08. The summed E-state index contributed by atoms with van der Waals surface area (Å²) in [5, 5.41) is 19.2. The largest absolute Gasteiger partial charge is 0.481 e. The summed E-state index contributed by atoms with van der Waals surface area (Å²) >= 11 is 0. The maximum atomic E-state index is 9.64. The summed E-state index contributed by atoms with van der Waals surface area (Å²) in [4.78, 5) is 41.9. The summed E-state index contributed by atoms with van der Waals surface area (Å²) in [6.07, 6.45) is 8.07. The second kappa shape index (κ2) is 13.7. The number of ether oxygens (including phenoxy) is 1. The maximum Gasteiger partial charge on any atom is 0.303 e. The van der Waals surface area contributed by atoms with Gasteiger partial charge in [0.1, 0.15) is 17.2 Å². The Morgan fingerprint density at radius 2 is 1.67 bits per heavy atom. The monoisotopic (exact) mass is 577 g/mol. The van der Waals surface area contributed by atoms with Gasteiger partial charge in [-0.2, -0.15) is 0 Å². The number of nitrogens with one attached hydrogen (secondary N) is 1. The summed E-state index contributed by atoms with van der Waals surface area (Å²) < 4.78 is 7.25. The molecule has 4 aromatic rings. The van der Waals surface area contributed by atoms with Crippen molar-refractivity contribution in [2.45, 2.75) is 26.3 Å². The lowest BCUT2D eigenvalue weighted by atomic mass is 10.1. The van der Waals surface area contributed by atoms with Gasteiger partial charge in [0.15, 0.2) is 11.5 Å². The van der Waals surface area contributed by atoms with E-state index in [9.17, 15) is 9.59 Å². The molecule has 2 saturated heterocycles. The van der Waals surface area contributed by atoms with Crippen LogP contribution < -0.4 is 16.0 Å². The number of imidazole rings is 1. The molecule has 0 atom stereocenters. The molecule has 5 heterocycles. The lowest BCUT2D eigenvalue weighted by Gasteiger charge is -2.43. The highest BCUT2D eigenvalue weighted by molar-refractivity contribution is 5.75. The number of nitrogens with two attached hydrogens (primary N) is 1. The van der Waals surface area contributed by atoms with Crippen molar-refractivity contribution in [3.63, 3.8) is 0 Å². The summed E-state index contributed by atoms with van der Waals surface area (Å²) in [6, 6.07) is 9.08. The maximum absolute atomic E-state index is 9.64. The van der Waals surface area contributed by atoms with E-state index in [1.807, 2.05) is 16.8 Å². The smallest absolute Gasteiger partial charge is 0.303 e. The van der Waals surface area contributed by atoms with Gasteiger partial charge in [-0.1, -0.05) is 7.43 Å². The van der Waals surface area contributed by atoms with Crippen molar-refractivity contribution < 1.29 is 24.5 Å². The Kier molecular flexibility index (Phi) is 9.83. The molecule has 42 heavy (non-hydrogen) atoms. The quantitative estimate of drug-likeness (QED) is 0.240. The van der Waals surface area contributed by atoms with E-state index < -0.39 is 11.9 Å². The lowest BCUT2D eigenvalue weighted by molar-refractivity contribution is -0.143. The van der Waals surface area contributed by atoms with Gasteiger partial charge in [0, 0.05) is 56.1 Å². The number of hydrogen-bond donors (Lipinski definition) is 4. The molecule has 0 bridgehead atoms. The normalized spacial score (nSPS) is 15.2. The van der Waals surface area contributed by atoms with Gasteiger partial charge in [-0.3, -0.25) is 19.5 Å². The van der Waals surface area contributed by atoms with Gasteiger partial charge in [0.05, 0.1) is 44.5 Å². The Hall–Kier alpha value is -4.82. The first-order chi connectivity index (χ1) is 19.9. The molecular formula is C28H35N9O5. The van der Waals surface area contributed by atoms with Crippen LogP contribution in [0, 0.1) is 0 Å². The Labute approximate surface area is 242 Å². The highest BCUT2D eigenvalue weighted by Crippen LogP contribution is 2.26. The minimum absolute atomic E-state index is 0. The van der Waals surface area contributed by atoms with Gasteiger partial charge in [-0.25, -0.2) is 15.0 Å². The number of piperazine rings is 1. The number of nitrogens with zero attached hydrogens (tertiary/aromatic N) is 7. The Bertz CT molecular complexity index is 1490. The van der Waals surface area contributed by atoms with Crippen molar-refractivity contribution in [1.82, 2.24) is 29.2 Å². The van der Waals surface area contributed by atoms with Crippen LogP contribution in [-0.4, -0.2) is 96.8 Å². The topological polar surface area (TPSA) is 184 Å². The molecule has 2 fully saturated rings. The lowest BCUT2D eigenvalue weighted by Crippen LogP contribution is -2.56.